The van der Waals surface area contributed by atoms with Crippen LogP contribution in [0.4, 0.5) is 0 Å². The Morgan fingerprint density at radius 3 is 2.72 bits per heavy atom. The molecule has 0 atom stereocenters. The van der Waals surface area contributed by atoms with E-state index in [9.17, 15) is 14.7 Å². The minimum absolute atomic E-state index is 0.0639. The number of rotatable bonds is 6. The summed E-state index contributed by atoms with van der Waals surface area (Å²) in [5.41, 5.74) is 1.14. The van der Waals surface area contributed by atoms with Crippen molar-refractivity contribution < 1.29 is 9.90 Å². The summed E-state index contributed by atoms with van der Waals surface area (Å²) >= 11 is 0. The largest absolute Gasteiger partial charge is 0.396 e. The number of aromatic amines is 1. The predicted molar refractivity (Wildman–Crippen MR) is 98.5 cm³/mol. The highest BCUT2D eigenvalue weighted by Crippen LogP contribution is 2.35. The SMILES string of the molecule is O=C(CCc1cc2ccccc2[nH]c1=O)NCC1(CO)CCCCC1. The maximum Gasteiger partial charge on any atom is 0.251 e. The third-order valence-electron chi connectivity index (χ3n) is 5.36. The normalized spacial score (nSPS) is 16.7. The van der Waals surface area contributed by atoms with Crippen LogP contribution in [0.25, 0.3) is 10.9 Å². The second-order valence-corrected chi connectivity index (χ2v) is 7.21. The number of aliphatic hydroxyl groups excluding tert-OH is 1. The first-order valence-electron chi connectivity index (χ1n) is 9.10. The number of benzene rings is 1. The Kier molecular flexibility index (Phi) is 5.53. The Balaban J connectivity index is 1.57. The summed E-state index contributed by atoms with van der Waals surface area (Å²) in [6.45, 7) is 0.647. The zero-order valence-corrected chi connectivity index (χ0v) is 14.5. The van der Waals surface area contributed by atoms with Crippen LogP contribution < -0.4 is 10.9 Å². The number of amides is 1. The van der Waals surface area contributed by atoms with Crippen molar-refractivity contribution in [2.24, 2.45) is 5.41 Å². The molecule has 0 spiro atoms. The number of aromatic nitrogens is 1. The fraction of sp³-hybridized carbons (Fsp3) is 0.500. The average molecular weight is 342 g/mol. The lowest BCUT2D eigenvalue weighted by molar-refractivity contribution is -0.121. The molecule has 1 aromatic carbocycles. The van der Waals surface area contributed by atoms with Gasteiger partial charge in [0.2, 0.25) is 5.91 Å². The number of pyridine rings is 1. The monoisotopic (exact) mass is 342 g/mol. The minimum Gasteiger partial charge on any atom is -0.396 e. The fourth-order valence-electron chi connectivity index (χ4n) is 3.69. The zero-order valence-electron chi connectivity index (χ0n) is 14.5. The van der Waals surface area contributed by atoms with Gasteiger partial charge < -0.3 is 15.4 Å². The maximum atomic E-state index is 12.2. The van der Waals surface area contributed by atoms with Crippen LogP contribution in [0.1, 0.15) is 44.1 Å². The van der Waals surface area contributed by atoms with Crippen LogP contribution in [0.2, 0.25) is 0 Å². The molecule has 0 unspecified atom stereocenters. The second-order valence-electron chi connectivity index (χ2n) is 7.21. The van der Waals surface area contributed by atoms with Crippen molar-refractivity contribution in [3.8, 4) is 0 Å². The van der Waals surface area contributed by atoms with Crippen molar-refractivity contribution in [1.82, 2.24) is 10.3 Å². The summed E-state index contributed by atoms with van der Waals surface area (Å²) in [5.74, 6) is -0.0639. The van der Waals surface area contributed by atoms with Crippen molar-refractivity contribution in [3.63, 3.8) is 0 Å². The molecule has 3 N–H and O–H groups in total. The fourth-order valence-corrected chi connectivity index (χ4v) is 3.69. The van der Waals surface area contributed by atoms with Gasteiger partial charge >= 0.3 is 0 Å². The van der Waals surface area contributed by atoms with Crippen molar-refractivity contribution in [1.29, 1.82) is 0 Å². The first kappa shape index (κ1) is 17.7. The summed E-state index contributed by atoms with van der Waals surface area (Å²) in [6.07, 6.45) is 6.07. The van der Waals surface area contributed by atoms with Crippen LogP contribution in [0.15, 0.2) is 35.1 Å². The highest BCUT2D eigenvalue weighted by Gasteiger charge is 2.31. The van der Waals surface area contributed by atoms with Gasteiger partial charge in [0.15, 0.2) is 0 Å². The van der Waals surface area contributed by atoms with Gasteiger partial charge in [-0.2, -0.15) is 0 Å². The zero-order chi connectivity index (χ0) is 17.7. The van der Waals surface area contributed by atoms with E-state index in [1.165, 1.54) is 6.42 Å². The molecule has 0 radical (unpaired) electrons. The molecule has 1 heterocycles. The van der Waals surface area contributed by atoms with E-state index in [4.69, 9.17) is 0 Å². The Morgan fingerprint density at radius 2 is 1.96 bits per heavy atom. The molecule has 5 nitrogen and oxygen atoms in total. The quantitative estimate of drug-likeness (QED) is 0.754. The van der Waals surface area contributed by atoms with E-state index in [0.717, 1.165) is 36.6 Å². The van der Waals surface area contributed by atoms with Gasteiger partial charge in [-0.3, -0.25) is 9.59 Å². The van der Waals surface area contributed by atoms with E-state index in [1.54, 1.807) is 0 Å². The Bertz CT molecular complexity index is 791. The molecule has 1 fully saturated rings. The highest BCUT2D eigenvalue weighted by atomic mass is 16.3. The van der Waals surface area contributed by atoms with Crippen molar-refractivity contribution >= 4 is 16.8 Å². The van der Waals surface area contributed by atoms with Gasteiger partial charge in [-0.15, -0.1) is 0 Å². The standard InChI is InChI=1S/C20H26N2O3/c23-14-20(10-4-1-5-11-20)13-21-18(24)9-8-16-12-15-6-2-3-7-17(15)22-19(16)25/h2-3,6-7,12,23H,1,4-5,8-11,13-14H2,(H,21,24)(H,22,25). The number of aliphatic hydroxyl groups is 1. The van der Waals surface area contributed by atoms with Crippen LogP contribution >= 0.6 is 0 Å². The molecule has 3 rings (SSSR count). The number of nitrogens with one attached hydrogen (secondary N) is 2. The number of para-hydroxylation sites is 1. The third kappa shape index (κ3) is 4.28. The number of hydrogen-bond acceptors (Lipinski definition) is 3. The molecule has 0 saturated heterocycles. The van der Waals surface area contributed by atoms with Crippen molar-refractivity contribution in [2.45, 2.75) is 44.9 Å². The van der Waals surface area contributed by atoms with Gasteiger partial charge in [0.05, 0.1) is 6.61 Å². The van der Waals surface area contributed by atoms with Gasteiger partial charge in [-0.05, 0) is 36.8 Å². The van der Waals surface area contributed by atoms with Crippen molar-refractivity contribution in [3.05, 3.63) is 46.2 Å². The van der Waals surface area contributed by atoms with E-state index >= 15 is 0 Å². The Morgan fingerprint density at radius 1 is 1.20 bits per heavy atom. The highest BCUT2D eigenvalue weighted by molar-refractivity contribution is 5.79. The van der Waals surface area contributed by atoms with Crippen LogP contribution in [0.5, 0.6) is 0 Å². The predicted octanol–water partition coefficient (Wildman–Crippen LogP) is 2.52. The number of fused-ring (bicyclic) bond motifs is 1. The van der Waals surface area contributed by atoms with Crippen LogP contribution in [-0.2, 0) is 11.2 Å². The average Bonchev–Trinajstić information content (AvgIpc) is 2.65. The van der Waals surface area contributed by atoms with Gasteiger partial charge in [0, 0.05) is 29.5 Å². The topological polar surface area (TPSA) is 82.2 Å². The van der Waals surface area contributed by atoms with Crippen LogP contribution in [0.3, 0.4) is 0 Å². The lowest BCUT2D eigenvalue weighted by Crippen LogP contribution is -2.41. The van der Waals surface area contributed by atoms with Gasteiger partial charge in [-0.1, -0.05) is 37.5 Å². The lowest BCUT2D eigenvalue weighted by Gasteiger charge is -2.35. The van der Waals surface area contributed by atoms with Gasteiger partial charge in [-0.25, -0.2) is 0 Å². The van der Waals surface area contributed by atoms with E-state index in [2.05, 4.69) is 10.3 Å². The Labute approximate surface area is 147 Å². The number of aryl methyl sites for hydroxylation is 1. The number of carbonyl (C=O) groups is 1. The molecule has 25 heavy (non-hydrogen) atoms. The first-order chi connectivity index (χ1) is 12.1. The Hall–Kier alpha value is -2.14. The molecular formula is C20H26N2O3. The first-order valence-corrected chi connectivity index (χ1v) is 9.10. The summed E-state index contributed by atoms with van der Waals surface area (Å²) in [6, 6.07) is 9.48. The number of H-pyrrole nitrogens is 1. The van der Waals surface area contributed by atoms with E-state index in [1.807, 2.05) is 30.3 Å². The molecule has 1 aliphatic rings. The molecule has 1 amide bonds. The molecule has 1 aliphatic carbocycles. The molecule has 1 aromatic heterocycles. The second kappa shape index (κ2) is 7.83. The van der Waals surface area contributed by atoms with Gasteiger partial charge in [0.25, 0.3) is 5.56 Å². The molecule has 0 aliphatic heterocycles. The van der Waals surface area contributed by atoms with Gasteiger partial charge in [0.1, 0.15) is 0 Å². The summed E-state index contributed by atoms with van der Waals surface area (Å²) in [4.78, 5) is 27.2. The van der Waals surface area contributed by atoms with Crippen molar-refractivity contribution in [2.75, 3.05) is 13.2 Å². The summed E-state index contributed by atoms with van der Waals surface area (Å²) < 4.78 is 0. The summed E-state index contributed by atoms with van der Waals surface area (Å²) in [7, 11) is 0. The maximum absolute atomic E-state index is 12.2. The number of carbonyl (C=O) groups excluding carboxylic acids is 1. The van der Waals surface area contributed by atoms with E-state index in [-0.39, 0.29) is 29.9 Å². The lowest BCUT2D eigenvalue weighted by atomic mass is 9.74. The molecular weight excluding hydrogens is 316 g/mol. The molecule has 134 valence electrons. The third-order valence-corrected chi connectivity index (χ3v) is 5.36. The molecule has 1 saturated carbocycles. The van der Waals surface area contributed by atoms with E-state index < -0.39 is 0 Å². The minimum atomic E-state index is -0.158. The summed E-state index contributed by atoms with van der Waals surface area (Å²) in [5, 5.41) is 13.6. The van der Waals surface area contributed by atoms with Crippen LogP contribution in [-0.4, -0.2) is 29.1 Å². The molecule has 0 bridgehead atoms. The smallest absolute Gasteiger partial charge is 0.251 e. The molecule has 2 aromatic rings. The van der Waals surface area contributed by atoms with Crippen LogP contribution in [0, 0.1) is 5.41 Å². The van der Waals surface area contributed by atoms with E-state index in [0.29, 0.717) is 18.5 Å². The molecule has 5 heteroatoms. The number of hydrogen-bond donors (Lipinski definition) is 3.